The second kappa shape index (κ2) is 5.67. The fourth-order valence-corrected chi connectivity index (χ4v) is 2.35. The van der Waals surface area contributed by atoms with Crippen LogP contribution in [-0.4, -0.2) is 36.5 Å². The third kappa shape index (κ3) is 3.52. The number of hydrogen-bond donors (Lipinski definition) is 2. The van der Waals surface area contributed by atoms with Gasteiger partial charge in [-0.25, -0.2) is 4.79 Å². The molecule has 0 aromatic heterocycles. The summed E-state index contributed by atoms with van der Waals surface area (Å²) in [5, 5.41) is 6.21. The Hall–Kier alpha value is -1.46. The molecule has 1 aromatic rings. The van der Waals surface area contributed by atoms with E-state index in [0.29, 0.717) is 28.7 Å². The predicted octanol–water partition coefficient (Wildman–Crippen LogP) is 2.35. The molecule has 3 amide bonds. The van der Waals surface area contributed by atoms with Crippen LogP contribution in [0.2, 0.25) is 10.0 Å². The smallest absolute Gasteiger partial charge is 0.319 e. The lowest BCUT2D eigenvalue weighted by Gasteiger charge is -2.14. The fourth-order valence-electron chi connectivity index (χ4n) is 1.89. The van der Waals surface area contributed by atoms with Crippen molar-refractivity contribution in [2.45, 2.75) is 12.5 Å². The van der Waals surface area contributed by atoms with Crippen molar-refractivity contribution in [1.82, 2.24) is 10.2 Å². The maximum Gasteiger partial charge on any atom is 0.319 e. The molecule has 0 aliphatic carbocycles. The number of carbonyl (C=O) groups excluding carboxylic acids is 2. The largest absolute Gasteiger partial charge is 0.344 e. The first kappa shape index (κ1) is 14.0. The van der Waals surface area contributed by atoms with E-state index in [1.807, 2.05) is 0 Å². The average molecular weight is 302 g/mol. The zero-order valence-electron chi connectivity index (χ0n) is 10.2. The van der Waals surface area contributed by atoms with Crippen LogP contribution in [0.15, 0.2) is 18.2 Å². The molecule has 1 aromatic carbocycles. The van der Waals surface area contributed by atoms with Crippen molar-refractivity contribution >= 4 is 40.8 Å². The summed E-state index contributed by atoms with van der Waals surface area (Å²) in [7, 11) is 1.71. The maximum atomic E-state index is 11.8. The van der Waals surface area contributed by atoms with Crippen molar-refractivity contribution in [3.05, 3.63) is 28.2 Å². The van der Waals surface area contributed by atoms with E-state index in [0.717, 1.165) is 0 Å². The minimum absolute atomic E-state index is 0.0230. The normalized spacial score (nSPS) is 18.6. The van der Waals surface area contributed by atoms with Gasteiger partial charge in [-0.1, -0.05) is 23.2 Å². The number of likely N-dealkylation sites (N-methyl/N-ethyl adjacent to an activating group) is 1. The lowest BCUT2D eigenvalue weighted by molar-refractivity contribution is -0.126. The first-order chi connectivity index (χ1) is 8.95. The number of rotatable bonds is 2. The van der Waals surface area contributed by atoms with Gasteiger partial charge in [0.1, 0.15) is 0 Å². The van der Waals surface area contributed by atoms with Crippen LogP contribution >= 0.6 is 23.2 Å². The van der Waals surface area contributed by atoms with Gasteiger partial charge in [0.15, 0.2) is 0 Å². The van der Waals surface area contributed by atoms with Gasteiger partial charge in [-0.3, -0.25) is 4.79 Å². The van der Waals surface area contributed by atoms with E-state index in [4.69, 9.17) is 23.2 Å². The molecule has 0 saturated carbocycles. The van der Waals surface area contributed by atoms with Crippen molar-refractivity contribution in [3.8, 4) is 0 Å². The number of benzene rings is 1. The highest BCUT2D eigenvalue weighted by Gasteiger charge is 2.27. The van der Waals surface area contributed by atoms with Crippen LogP contribution < -0.4 is 10.6 Å². The lowest BCUT2D eigenvalue weighted by Crippen LogP contribution is -2.39. The molecule has 7 heteroatoms. The third-order valence-corrected chi connectivity index (χ3v) is 3.40. The van der Waals surface area contributed by atoms with E-state index >= 15 is 0 Å². The Balaban J connectivity index is 1.93. The molecule has 102 valence electrons. The second-order valence-corrected chi connectivity index (χ2v) is 5.24. The number of carbonyl (C=O) groups is 2. The summed E-state index contributed by atoms with van der Waals surface area (Å²) in [5.74, 6) is 0.0230. The zero-order chi connectivity index (χ0) is 14.0. The Labute approximate surface area is 120 Å². The maximum absolute atomic E-state index is 11.8. The number of amides is 3. The molecular weight excluding hydrogens is 289 g/mol. The lowest BCUT2D eigenvalue weighted by atomic mass is 10.2. The molecule has 5 nitrogen and oxygen atoms in total. The summed E-state index contributed by atoms with van der Waals surface area (Å²) in [5.41, 5.74) is 0.473. The third-order valence-electron chi connectivity index (χ3n) is 2.86. The van der Waals surface area contributed by atoms with Crippen LogP contribution in [0.5, 0.6) is 0 Å². The summed E-state index contributed by atoms with van der Waals surface area (Å²) >= 11 is 11.7. The van der Waals surface area contributed by atoms with Gasteiger partial charge in [0.05, 0.1) is 16.8 Å². The van der Waals surface area contributed by atoms with Gasteiger partial charge in [-0.15, -0.1) is 0 Å². The van der Waals surface area contributed by atoms with Gasteiger partial charge >= 0.3 is 6.03 Å². The van der Waals surface area contributed by atoms with Crippen molar-refractivity contribution in [2.75, 3.05) is 18.9 Å². The van der Waals surface area contributed by atoms with Gasteiger partial charge in [-0.2, -0.15) is 0 Å². The number of halogens is 2. The molecule has 1 saturated heterocycles. The molecule has 1 atom stereocenters. The Morgan fingerprint density at radius 1 is 1.42 bits per heavy atom. The SMILES string of the molecule is CN1C[C@@H](NC(=O)Nc2ccc(Cl)cc2Cl)CC1=O. The van der Waals surface area contributed by atoms with Crippen LogP contribution in [0.4, 0.5) is 10.5 Å². The van der Waals surface area contributed by atoms with Crippen LogP contribution in [0.3, 0.4) is 0 Å². The van der Waals surface area contributed by atoms with Gasteiger partial charge in [0.2, 0.25) is 5.91 Å². The van der Waals surface area contributed by atoms with Crippen molar-refractivity contribution in [2.24, 2.45) is 0 Å². The van der Waals surface area contributed by atoms with Crippen LogP contribution in [0, 0.1) is 0 Å². The minimum Gasteiger partial charge on any atom is -0.344 e. The highest BCUT2D eigenvalue weighted by molar-refractivity contribution is 6.36. The number of hydrogen-bond acceptors (Lipinski definition) is 2. The van der Waals surface area contributed by atoms with Crippen molar-refractivity contribution in [3.63, 3.8) is 0 Å². The molecule has 1 aliphatic rings. The Bertz CT molecular complexity index is 522. The predicted molar refractivity (Wildman–Crippen MR) is 74.7 cm³/mol. The molecule has 1 aliphatic heterocycles. The van der Waals surface area contributed by atoms with E-state index in [2.05, 4.69) is 10.6 Å². The van der Waals surface area contributed by atoms with Gasteiger partial charge < -0.3 is 15.5 Å². The Morgan fingerprint density at radius 2 is 2.16 bits per heavy atom. The monoisotopic (exact) mass is 301 g/mol. The first-order valence-electron chi connectivity index (χ1n) is 5.72. The van der Waals surface area contributed by atoms with Crippen molar-refractivity contribution < 1.29 is 9.59 Å². The van der Waals surface area contributed by atoms with E-state index in [1.54, 1.807) is 30.1 Å². The summed E-state index contributed by atoms with van der Waals surface area (Å²) in [6, 6.07) is 4.23. The van der Waals surface area contributed by atoms with Crippen molar-refractivity contribution in [1.29, 1.82) is 0 Å². The highest BCUT2D eigenvalue weighted by Crippen LogP contribution is 2.25. The Morgan fingerprint density at radius 3 is 2.74 bits per heavy atom. The number of nitrogens with zero attached hydrogens (tertiary/aromatic N) is 1. The number of urea groups is 1. The Kier molecular flexibility index (Phi) is 4.17. The number of likely N-dealkylation sites (tertiary alicyclic amines) is 1. The summed E-state index contributed by atoms with van der Waals surface area (Å²) in [4.78, 5) is 24.7. The number of nitrogens with one attached hydrogen (secondary N) is 2. The molecule has 1 fully saturated rings. The average Bonchev–Trinajstić information content (AvgIpc) is 2.62. The second-order valence-electron chi connectivity index (χ2n) is 4.40. The summed E-state index contributed by atoms with van der Waals surface area (Å²) < 4.78 is 0. The molecule has 19 heavy (non-hydrogen) atoms. The summed E-state index contributed by atoms with van der Waals surface area (Å²) in [6.07, 6.45) is 0.318. The molecule has 0 bridgehead atoms. The molecule has 0 unspecified atom stereocenters. The van der Waals surface area contributed by atoms with Gasteiger partial charge in [0.25, 0.3) is 0 Å². The van der Waals surface area contributed by atoms with E-state index in [9.17, 15) is 9.59 Å². The standard InChI is InChI=1S/C12H13Cl2N3O2/c1-17-6-8(5-11(17)18)15-12(19)16-10-3-2-7(13)4-9(10)14/h2-4,8H,5-6H2,1H3,(H2,15,16,19)/t8-/m0/s1. The van der Waals surface area contributed by atoms with Crippen LogP contribution in [0.25, 0.3) is 0 Å². The first-order valence-corrected chi connectivity index (χ1v) is 6.48. The number of anilines is 1. The van der Waals surface area contributed by atoms with E-state index in [1.165, 1.54) is 0 Å². The molecule has 2 N–H and O–H groups in total. The fraction of sp³-hybridized carbons (Fsp3) is 0.333. The molecule has 1 heterocycles. The van der Waals surface area contributed by atoms with E-state index < -0.39 is 6.03 Å². The van der Waals surface area contributed by atoms with Crippen LogP contribution in [0.1, 0.15) is 6.42 Å². The van der Waals surface area contributed by atoms with Gasteiger partial charge in [0, 0.05) is 25.0 Å². The zero-order valence-corrected chi connectivity index (χ0v) is 11.8. The molecule has 2 rings (SSSR count). The van der Waals surface area contributed by atoms with Gasteiger partial charge in [-0.05, 0) is 18.2 Å². The topological polar surface area (TPSA) is 61.4 Å². The minimum atomic E-state index is -0.391. The highest BCUT2D eigenvalue weighted by atomic mass is 35.5. The molecule has 0 radical (unpaired) electrons. The molecular formula is C12H13Cl2N3O2. The van der Waals surface area contributed by atoms with Crippen LogP contribution in [-0.2, 0) is 4.79 Å². The quantitative estimate of drug-likeness (QED) is 0.881. The molecule has 0 spiro atoms. The van der Waals surface area contributed by atoms with E-state index in [-0.39, 0.29) is 11.9 Å². The summed E-state index contributed by atoms with van der Waals surface area (Å²) in [6.45, 7) is 0.514.